The predicted molar refractivity (Wildman–Crippen MR) is 136 cm³/mol. The van der Waals surface area contributed by atoms with Crippen LogP contribution in [0, 0.1) is 10.1 Å². The summed E-state index contributed by atoms with van der Waals surface area (Å²) in [4.78, 5) is 20.4. The Morgan fingerprint density at radius 3 is 2.35 bits per heavy atom. The van der Waals surface area contributed by atoms with E-state index in [9.17, 15) is 10.1 Å². The monoisotopic (exact) mass is 453 g/mol. The minimum Gasteiger partial charge on any atom is -0.379 e. The van der Waals surface area contributed by atoms with Gasteiger partial charge in [-0.15, -0.1) is 0 Å². The van der Waals surface area contributed by atoms with Gasteiger partial charge in [0.25, 0.3) is 5.69 Å². The Hall–Kier alpha value is -3.97. The standard InChI is InChI=1S/C27H27N5O2/c33-32(34)26-13-12-25(27-24(26)11-6-14-28-27)29-19-21-7-4-5-8-22(21)20-30-15-17-31(18-16-30)23-9-2-1-3-10-23/h1-14,29H,15-20H2. The van der Waals surface area contributed by atoms with Gasteiger partial charge in [-0.3, -0.25) is 20.0 Å². The smallest absolute Gasteiger partial charge is 0.278 e. The van der Waals surface area contributed by atoms with Crippen LogP contribution in [0.5, 0.6) is 0 Å². The van der Waals surface area contributed by atoms with E-state index in [1.807, 2.05) is 0 Å². The number of nitro benzene ring substituents is 1. The lowest BCUT2D eigenvalue weighted by atomic mass is 10.1. The van der Waals surface area contributed by atoms with E-state index >= 15 is 0 Å². The van der Waals surface area contributed by atoms with E-state index in [2.05, 4.69) is 74.7 Å². The third-order valence-corrected chi connectivity index (χ3v) is 6.42. The van der Waals surface area contributed by atoms with Gasteiger partial charge in [0, 0.05) is 57.2 Å². The highest BCUT2D eigenvalue weighted by molar-refractivity contribution is 5.96. The van der Waals surface area contributed by atoms with Gasteiger partial charge >= 0.3 is 0 Å². The van der Waals surface area contributed by atoms with E-state index in [-0.39, 0.29) is 10.6 Å². The van der Waals surface area contributed by atoms with Crippen molar-refractivity contribution in [2.45, 2.75) is 13.1 Å². The number of nitrogens with one attached hydrogen (secondary N) is 1. The number of pyridine rings is 1. The Morgan fingerprint density at radius 1 is 0.853 bits per heavy atom. The summed E-state index contributed by atoms with van der Waals surface area (Å²) >= 11 is 0. The highest BCUT2D eigenvalue weighted by Gasteiger charge is 2.19. The van der Waals surface area contributed by atoms with Crippen molar-refractivity contribution in [1.82, 2.24) is 9.88 Å². The second kappa shape index (κ2) is 9.89. The average molecular weight is 454 g/mol. The molecule has 0 spiro atoms. The van der Waals surface area contributed by atoms with E-state index in [1.54, 1.807) is 30.5 Å². The zero-order valence-corrected chi connectivity index (χ0v) is 18.9. The molecule has 1 aliphatic rings. The molecule has 1 N–H and O–H groups in total. The molecule has 0 aliphatic carbocycles. The van der Waals surface area contributed by atoms with Crippen LogP contribution in [-0.4, -0.2) is 41.0 Å². The lowest BCUT2D eigenvalue weighted by Gasteiger charge is -2.36. The number of nitro groups is 1. The molecule has 4 aromatic rings. The quantitative estimate of drug-likeness (QED) is 0.311. The molecule has 34 heavy (non-hydrogen) atoms. The molecule has 0 unspecified atom stereocenters. The Kier molecular flexibility index (Phi) is 6.35. The van der Waals surface area contributed by atoms with E-state index in [1.165, 1.54) is 16.8 Å². The molecule has 0 amide bonds. The lowest BCUT2D eigenvalue weighted by molar-refractivity contribution is -0.383. The summed E-state index contributed by atoms with van der Waals surface area (Å²) in [7, 11) is 0. The maximum Gasteiger partial charge on any atom is 0.278 e. The van der Waals surface area contributed by atoms with Crippen LogP contribution < -0.4 is 10.2 Å². The highest BCUT2D eigenvalue weighted by atomic mass is 16.6. The van der Waals surface area contributed by atoms with Gasteiger partial charge in [-0.25, -0.2) is 0 Å². The van der Waals surface area contributed by atoms with Gasteiger partial charge in [0.05, 0.1) is 16.0 Å². The van der Waals surface area contributed by atoms with E-state index in [4.69, 9.17) is 0 Å². The Bertz CT molecular complexity index is 1290. The molecule has 172 valence electrons. The molecule has 7 heteroatoms. The molecule has 1 fully saturated rings. The molecule has 0 atom stereocenters. The second-order valence-electron chi connectivity index (χ2n) is 8.51. The molecular weight excluding hydrogens is 426 g/mol. The topological polar surface area (TPSA) is 74.5 Å². The highest BCUT2D eigenvalue weighted by Crippen LogP contribution is 2.30. The van der Waals surface area contributed by atoms with Crippen molar-refractivity contribution >= 4 is 28.0 Å². The summed E-state index contributed by atoms with van der Waals surface area (Å²) in [5.41, 5.74) is 5.29. The first-order valence-electron chi connectivity index (χ1n) is 11.5. The van der Waals surface area contributed by atoms with Gasteiger partial charge in [0.1, 0.15) is 5.52 Å². The zero-order chi connectivity index (χ0) is 23.3. The number of fused-ring (bicyclic) bond motifs is 1. The number of hydrogen-bond acceptors (Lipinski definition) is 6. The van der Waals surface area contributed by atoms with Gasteiger partial charge in [0.2, 0.25) is 0 Å². The minimum atomic E-state index is -0.360. The maximum absolute atomic E-state index is 11.4. The van der Waals surface area contributed by atoms with E-state index < -0.39 is 0 Å². The third kappa shape index (κ3) is 4.70. The summed E-state index contributed by atoms with van der Waals surface area (Å²) in [6, 6.07) is 25.8. The van der Waals surface area contributed by atoms with Crippen molar-refractivity contribution in [2.75, 3.05) is 36.4 Å². The van der Waals surface area contributed by atoms with Crippen molar-refractivity contribution in [3.63, 3.8) is 0 Å². The second-order valence-corrected chi connectivity index (χ2v) is 8.51. The van der Waals surface area contributed by atoms with Gasteiger partial charge in [-0.2, -0.15) is 0 Å². The van der Waals surface area contributed by atoms with Crippen LogP contribution in [0.15, 0.2) is 85.1 Å². The number of aromatic nitrogens is 1. The van der Waals surface area contributed by atoms with Gasteiger partial charge in [-0.1, -0.05) is 42.5 Å². The molecule has 1 aliphatic heterocycles. The largest absolute Gasteiger partial charge is 0.379 e. The molecule has 0 bridgehead atoms. The number of benzene rings is 3. The summed E-state index contributed by atoms with van der Waals surface area (Å²) in [5.74, 6) is 0. The van der Waals surface area contributed by atoms with Gasteiger partial charge in [0.15, 0.2) is 0 Å². The van der Waals surface area contributed by atoms with E-state index in [0.29, 0.717) is 17.4 Å². The van der Waals surface area contributed by atoms with Crippen LogP contribution in [0.4, 0.5) is 17.1 Å². The molecular formula is C27H27N5O2. The SMILES string of the molecule is O=[N+]([O-])c1ccc(NCc2ccccc2CN2CCN(c3ccccc3)CC2)c2ncccc12. The van der Waals surface area contributed by atoms with Crippen LogP contribution in [0.25, 0.3) is 10.9 Å². The first kappa shape index (κ1) is 21.9. The van der Waals surface area contributed by atoms with Gasteiger partial charge in [-0.05, 0) is 41.5 Å². The maximum atomic E-state index is 11.4. The number of anilines is 2. The normalized spacial score (nSPS) is 14.3. The van der Waals surface area contributed by atoms with Crippen molar-refractivity contribution in [3.05, 3.63) is 106 Å². The molecule has 0 radical (unpaired) electrons. The number of nitrogens with zero attached hydrogens (tertiary/aromatic N) is 4. The van der Waals surface area contributed by atoms with Gasteiger partial charge < -0.3 is 10.2 Å². The van der Waals surface area contributed by atoms with Crippen LogP contribution in [0.1, 0.15) is 11.1 Å². The number of rotatable bonds is 7. The average Bonchev–Trinajstić information content (AvgIpc) is 2.89. The molecule has 1 aromatic heterocycles. The van der Waals surface area contributed by atoms with Crippen molar-refractivity contribution < 1.29 is 4.92 Å². The molecule has 1 saturated heterocycles. The summed E-state index contributed by atoms with van der Waals surface area (Å²) in [6.07, 6.45) is 1.67. The first-order chi connectivity index (χ1) is 16.7. The van der Waals surface area contributed by atoms with Crippen molar-refractivity contribution in [3.8, 4) is 0 Å². The lowest BCUT2D eigenvalue weighted by Crippen LogP contribution is -2.46. The molecule has 7 nitrogen and oxygen atoms in total. The zero-order valence-electron chi connectivity index (χ0n) is 18.9. The number of hydrogen-bond donors (Lipinski definition) is 1. The van der Waals surface area contributed by atoms with Crippen LogP contribution in [0.3, 0.4) is 0 Å². The molecule has 3 aromatic carbocycles. The number of para-hydroxylation sites is 1. The predicted octanol–water partition coefficient (Wildman–Crippen LogP) is 5.08. The fraction of sp³-hybridized carbons (Fsp3) is 0.222. The van der Waals surface area contributed by atoms with Crippen molar-refractivity contribution in [2.24, 2.45) is 0 Å². The number of non-ortho nitro benzene ring substituents is 1. The van der Waals surface area contributed by atoms with Crippen LogP contribution >= 0.6 is 0 Å². The Labute approximate surface area is 198 Å². The Morgan fingerprint density at radius 2 is 1.59 bits per heavy atom. The van der Waals surface area contributed by atoms with Crippen LogP contribution in [-0.2, 0) is 13.1 Å². The number of piperazine rings is 1. The summed E-state index contributed by atoms with van der Waals surface area (Å²) in [6.45, 7) is 5.61. The third-order valence-electron chi connectivity index (χ3n) is 6.42. The summed E-state index contributed by atoms with van der Waals surface area (Å²) in [5, 5.41) is 15.4. The summed E-state index contributed by atoms with van der Waals surface area (Å²) < 4.78 is 0. The fourth-order valence-corrected chi connectivity index (χ4v) is 4.58. The van der Waals surface area contributed by atoms with Crippen LogP contribution in [0.2, 0.25) is 0 Å². The minimum absolute atomic E-state index is 0.0729. The van der Waals surface area contributed by atoms with E-state index in [0.717, 1.165) is 38.4 Å². The molecule has 5 rings (SSSR count). The molecule has 0 saturated carbocycles. The molecule has 2 heterocycles. The first-order valence-corrected chi connectivity index (χ1v) is 11.5. The fourth-order valence-electron chi connectivity index (χ4n) is 4.58. The van der Waals surface area contributed by atoms with Crippen molar-refractivity contribution in [1.29, 1.82) is 0 Å². The Balaban J connectivity index is 1.27.